The van der Waals surface area contributed by atoms with Crippen molar-refractivity contribution in [2.45, 2.75) is 262 Å². The minimum Gasteiger partial charge on any atom is -0.446 e. The van der Waals surface area contributed by atoms with Gasteiger partial charge < -0.3 is 82.7 Å². The highest BCUT2D eigenvalue weighted by atomic mass is 33.1. The van der Waals surface area contributed by atoms with Crippen LogP contribution in [0.1, 0.15) is 191 Å². The maximum absolute atomic E-state index is 15.6. The number of benzene rings is 3. The Balaban J connectivity index is 0.788. The first kappa shape index (κ1) is 92.8. The van der Waals surface area contributed by atoms with Crippen molar-refractivity contribution in [3.63, 3.8) is 0 Å². The third kappa shape index (κ3) is 23.2. The van der Waals surface area contributed by atoms with Gasteiger partial charge in [-0.3, -0.25) is 52.9 Å². The third-order valence-electron chi connectivity index (χ3n) is 27.4. The second kappa shape index (κ2) is 43.0. The van der Waals surface area contributed by atoms with Crippen molar-refractivity contribution in [3.05, 3.63) is 150 Å². The van der Waals surface area contributed by atoms with Crippen LogP contribution in [0.25, 0.3) is 10.9 Å². The molecule has 12 rings (SSSR count). The maximum atomic E-state index is 15.6. The Morgan fingerprint density at radius 2 is 1.33 bits per heavy atom. The summed E-state index contributed by atoms with van der Waals surface area (Å²) in [7, 11) is 1.92. The fraction of sp³-hybridized carbons (Fsp3) is 0.591. The van der Waals surface area contributed by atoms with Gasteiger partial charge in [-0.05, 0) is 191 Å². The van der Waals surface area contributed by atoms with Crippen LogP contribution in [0.3, 0.4) is 0 Å². The smallest absolute Gasteiger partial charge is 0.407 e. The van der Waals surface area contributed by atoms with Crippen molar-refractivity contribution in [1.29, 1.82) is 0 Å². The lowest BCUT2D eigenvalue weighted by Crippen LogP contribution is -2.62. The standard InChI is InChI=1S/C93H127N13O15S2/c1-55(2)23-20-24-56(3)66-39-40-67-65-38-36-62-35-37-63(50-93(62,7)68(65)41-42-92(66,67)6)121-91(120)95-44-19-16-31-70-81(110)104-80(58(5)109)88(117)103-77(86(115)101-75(52-107)57(4)108)54-123-122-53-76(85(114)98-72(47-59-25-10-8-11-26-59)82(111)99-74(84(113)97-70)49-61-51-96-69-30-15-14-29-64(61)69)102-83(112)73(48-60-27-12-9-13-28-60)100-87(116)78-33-21-45-105(78)90(119)79-34-22-46-106(79)89(118)71-32-17-18-43-94-71/h8-15,17-18,25-30,32,36,43,51,55-58,63,65-68,70,72-80,96,107-109H,16,19-24,31,33-35,37-42,44-50,52-54H2,1-7H3,(H,95,120)(H,97,113)(H,98,114)(H,99,111)(H,100,116)(H,101,115)(H,102,112)(H,103,117)(H,104,110)/t56-,57-,58-,63-,65+,66-,67+,68+,70+,72+,73+,74+,75-,76+,77+,78-,79+,80-,92-,93+/m1/s1. The van der Waals surface area contributed by atoms with Gasteiger partial charge in [0.15, 0.2) is 0 Å². The summed E-state index contributed by atoms with van der Waals surface area (Å²) in [5.41, 5.74) is 4.39. The van der Waals surface area contributed by atoms with E-state index in [0.29, 0.717) is 94.8 Å². The fourth-order valence-corrected chi connectivity index (χ4v) is 23.0. The molecule has 0 radical (unpaired) electrons. The van der Waals surface area contributed by atoms with Crippen molar-refractivity contribution in [3.8, 4) is 0 Å². The largest absolute Gasteiger partial charge is 0.446 e. The topological polar surface area (TPSA) is 401 Å². The first-order valence-corrected chi connectivity index (χ1v) is 47.0. The Kier molecular flexibility index (Phi) is 32.5. The third-order valence-corrected chi connectivity index (χ3v) is 29.8. The van der Waals surface area contributed by atoms with E-state index < -0.39 is 144 Å². The monoisotopic (exact) mass is 1730 g/mol. The highest BCUT2D eigenvalue weighted by Crippen LogP contribution is 2.67. The molecule has 20 atom stereocenters. The van der Waals surface area contributed by atoms with E-state index in [1.165, 1.54) is 80.4 Å². The van der Waals surface area contributed by atoms with Gasteiger partial charge >= 0.3 is 6.09 Å². The van der Waals surface area contributed by atoms with Crippen LogP contribution in [0.5, 0.6) is 0 Å². The number of aliphatic hydroxyl groups is 3. The number of aromatic nitrogens is 2. The average Bonchev–Trinajstić information content (AvgIpc) is 1.66. The Hall–Kier alpha value is -9.36. The van der Waals surface area contributed by atoms with Crippen LogP contribution in [0.4, 0.5) is 4.79 Å². The minimum absolute atomic E-state index is 0.0920. The van der Waals surface area contributed by atoms with Crippen LogP contribution in [0.2, 0.25) is 0 Å². The molecule has 3 saturated carbocycles. The summed E-state index contributed by atoms with van der Waals surface area (Å²) in [5.74, 6) is -4.58. The zero-order valence-corrected chi connectivity index (χ0v) is 73.6. The number of carbonyl (C=O) groups excluding carboxylic acids is 11. The van der Waals surface area contributed by atoms with Crippen LogP contribution in [0, 0.1) is 46.3 Å². The molecule has 13 N–H and O–H groups in total. The highest BCUT2D eigenvalue weighted by molar-refractivity contribution is 8.76. The van der Waals surface area contributed by atoms with Gasteiger partial charge in [0.05, 0.1) is 24.9 Å². The number of alkyl carbamates (subject to hydrolysis) is 1. The number of rotatable bonds is 28. The van der Waals surface area contributed by atoms with Crippen LogP contribution in [-0.2, 0) is 67.2 Å². The number of aromatic amines is 1. The molecule has 11 amide bonds. The summed E-state index contributed by atoms with van der Waals surface area (Å²) >= 11 is 0. The van der Waals surface area contributed by atoms with Gasteiger partial charge in [0, 0.05) is 73.7 Å². The molecule has 3 aromatic carbocycles. The SMILES string of the molecule is CC(C)CCC[C@@H](C)[C@H]1CC[C@H]2[C@@H]3CC=C4CC[C@@H](OC(=O)NCCCC[C@@H]5NC(=O)[C@H](Cc6c[nH]c7ccccc67)NC(=O)[C@H](Cc6ccccc6)NC(=O)[C@@H](NC(=O)[C@H](Cc6ccccc6)NC(=O)[C@H]6CCCN6C(=O)[C@@H]6CCCN6C(=O)c6ccccn6)CSSC[C@@H](C(=O)N[C@H](CO)[C@@H](C)O)NC(=O)[C@@H]([C@@H](C)O)NC5=O)C[C@]4(C)[C@H]3CC[C@]12C. The molecule has 6 fully saturated rings. The molecule has 3 aliphatic heterocycles. The lowest BCUT2D eigenvalue weighted by Gasteiger charge is -2.58. The Bertz CT molecular complexity index is 4520. The second-order valence-corrected chi connectivity index (χ2v) is 38.7. The van der Waals surface area contributed by atoms with Crippen molar-refractivity contribution in [2.75, 3.05) is 37.7 Å². The summed E-state index contributed by atoms with van der Waals surface area (Å²) in [6, 6.07) is 15.8. The van der Waals surface area contributed by atoms with E-state index in [4.69, 9.17) is 4.74 Å². The fourth-order valence-electron chi connectivity index (χ4n) is 20.7. The number of aliphatic hydroxyl groups excluding tert-OH is 3. The minimum atomic E-state index is -1.80. The molecule has 666 valence electrons. The number of unbranched alkanes of at least 4 members (excludes halogenated alkanes) is 1. The molecule has 0 bridgehead atoms. The molecular formula is C93H127N13O15S2. The Labute approximate surface area is 729 Å². The Morgan fingerprint density at radius 1 is 0.659 bits per heavy atom. The first-order valence-electron chi connectivity index (χ1n) is 44.5. The Morgan fingerprint density at radius 3 is 2.05 bits per heavy atom. The molecule has 0 unspecified atom stereocenters. The molecule has 2 aromatic heterocycles. The summed E-state index contributed by atoms with van der Waals surface area (Å²) in [6.45, 7) is 14.6. The van der Waals surface area contributed by atoms with Crippen molar-refractivity contribution >= 4 is 97.7 Å². The molecule has 5 aromatic rings. The highest BCUT2D eigenvalue weighted by Gasteiger charge is 2.60. The van der Waals surface area contributed by atoms with Gasteiger partial charge in [0.1, 0.15) is 66.2 Å². The number of fused-ring (bicyclic) bond motifs is 6. The summed E-state index contributed by atoms with van der Waals surface area (Å²) in [5, 5.41) is 58.3. The van der Waals surface area contributed by atoms with E-state index in [-0.39, 0.29) is 86.8 Å². The molecule has 3 saturated heterocycles. The van der Waals surface area contributed by atoms with Crippen molar-refractivity contribution in [1.82, 2.24) is 67.6 Å². The summed E-state index contributed by atoms with van der Waals surface area (Å²) in [6.07, 6.45) is 15.6. The molecule has 5 heterocycles. The van der Waals surface area contributed by atoms with Crippen LogP contribution >= 0.6 is 21.6 Å². The lowest BCUT2D eigenvalue weighted by atomic mass is 9.47. The predicted molar refractivity (Wildman–Crippen MR) is 471 cm³/mol. The molecule has 30 heteroatoms. The molecular weight excluding hydrogens is 1600 g/mol. The second-order valence-electron chi connectivity index (χ2n) is 36.2. The van der Waals surface area contributed by atoms with Crippen molar-refractivity contribution < 1.29 is 72.8 Å². The van der Waals surface area contributed by atoms with E-state index in [9.17, 15) is 44.1 Å². The zero-order chi connectivity index (χ0) is 87.7. The van der Waals surface area contributed by atoms with Gasteiger partial charge in [-0.1, -0.05) is 172 Å². The van der Waals surface area contributed by atoms with Crippen LogP contribution in [0.15, 0.2) is 127 Å². The first-order chi connectivity index (χ1) is 59.1. The van der Waals surface area contributed by atoms with Crippen LogP contribution in [-0.4, -0.2) is 217 Å². The number of carbonyl (C=O) groups is 11. The molecule has 4 aliphatic carbocycles. The predicted octanol–water partition coefficient (Wildman–Crippen LogP) is 8.22. The van der Waals surface area contributed by atoms with Gasteiger partial charge in [-0.15, -0.1) is 0 Å². The van der Waals surface area contributed by atoms with Gasteiger partial charge in [0.2, 0.25) is 53.2 Å². The van der Waals surface area contributed by atoms with Gasteiger partial charge in [-0.25, -0.2) is 4.79 Å². The molecule has 0 spiro atoms. The number of H-pyrrole nitrogens is 1. The van der Waals surface area contributed by atoms with Gasteiger partial charge in [-0.2, -0.15) is 0 Å². The zero-order valence-electron chi connectivity index (χ0n) is 72.0. The van der Waals surface area contributed by atoms with E-state index in [0.717, 1.165) is 46.8 Å². The van der Waals surface area contributed by atoms with E-state index >= 15 is 24.0 Å². The quantitative estimate of drug-likeness (QED) is 0.0127. The van der Waals surface area contributed by atoms with E-state index in [1.807, 2.05) is 24.3 Å². The average molecular weight is 1730 g/mol. The number of hydrogen-bond donors (Lipinski definition) is 13. The van der Waals surface area contributed by atoms with E-state index in [2.05, 4.69) is 98.5 Å². The number of ether oxygens (including phenoxy) is 1. The van der Waals surface area contributed by atoms with Crippen molar-refractivity contribution in [2.24, 2.45) is 46.3 Å². The van der Waals surface area contributed by atoms with Gasteiger partial charge in [0.25, 0.3) is 5.91 Å². The molecule has 123 heavy (non-hydrogen) atoms. The normalized spacial score (nSPS) is 28.5. The van der Waals surface area contributed by atoms with E-state index in [1.54, 1.807) is 85.1 Å². The number of para-hydroxylation sites is 1. The number of hydrogen-bond acceptors (Lipinski definition) is 18. The maximum Gasteiger partial charge on any atom is 0.407 e. The number of likely N-dealkylation sites (tertiary alicyclic amines) is 2. The van der Waals surface area contributed by atoms with Crippen LogP contribution < -0.4 is 47.9 Å². The molecule has 28 nitrogen and oxygen atoms in total. The number of nitrogens with one attached hydrogen (secondary N) is 10. The lowest BCUT2D eigenvalue weighted by molar-refractivity contribution is -0.142. The summed E-state index contributed by atoms with van der Waals surface area (Å²) in [4.78, 5) is 174. The summed E-state index contributed by atoms with van der Waals surface area (Å²) < 4.78 is 6.29. The number of nitrogens with zero attached hydrogens (tertiary/aromatic N) is 3. The molecule has 7 aliphatic rings. The number of pyridine rings is 1. The number of allylic oxidation sites excluding steroid dienone is 2. The number of amides is 11.